The van der Waals surface area contributed by atoms with E-state index in [0.29, 0.717) is 0 Å². The summed E-state index contributed by atoms with van der Waals surface area (Å²) in [6.07, 6.45) is -0.972. The zero-order valence-corrected chi connectivity index (χ0v) is 12.6. The molecule has 0 radical (unpaired) electrons. The van der Waals surface area contributed by atoms with E-state index < -0.39 is 24.3 Å². The minimum Gasteiger partial charge on any atom is -0.483 e. The predicted molar refractivity (Wildman–Crippen MR) is 77.9 cm³/mol. The van der Waals surface area contributed by atoms with Gasteiger partial charge in [0.15, 0.2) is 6.61 Å². The molecule has 1 saturated carbocycles. The summed E-state index contributed by atoms with van der Waals surface area (Å²) < 4.78 is 43.5. The second-order valence-electron chi connectivity index (χ2n) is 5.68. The molecule has 0 aliphatic heterocycles. The molecule has 0 spiro atoms. The Morgan fingerprint density at radius 3 is 2.65 bits per heavy atom. The number of rotatable bonds is 5. The lowest BCUT2D eigenvalue weighted by atomic mass is 9.85. The van der Waals surface area contributed by atoms with Gasteiger partial charge in [-0.25, -0.2) is 0 Å². The van der Waals surface area contributed by atoms with Crippen LogP contribution in [0.1, 0.15) is 31.2 Å². The second-order valence-corrected chi connectivity index (χ2v) is 5.68. The maximum atomic E-state index is 12.8. The number of alkyl halides is 3. The number of benzene rings is 1. The topological polar surface area (TPSA) is 58.6 Å². The Balaban J connectivity index is 1.92. The molecule has 2 rings (SSSR count). The molecule has 2 unspecified atom stereocenters. The molecule has 1 aliphatic rings. The molecule has 0 bridgehead atoms. The van der Waals surface area contributed by atoms with E-state index in [0.717, 1.165) is 31.7 Å². The van der Waals surface area contributed by atoms with Gasteiger partial charge in [-0.2, -0.15) is 13.2 Å². The van der Waals surface area contributed by atoms with E-state index in [1.165, 1.54) is 18.2 Å². The summed E-state index contributed by atoms with van der Waals surface area (Å²) in [5.74, 6) is -0.847. The fourth-order valence-corrected chi connectivity index (χ4v) is 2.83. The summed E-state index contributed by atoms with van der Waals surface area (Å²) in [5, 5.41) is 12.0. The average molecular weight is 331 g/mol. The Hall–Kier alpha value is -1.76. The summed E-state index contributed by atoms with van der Waals surface area (Å²) in [6, 6.07) is 4.64. The highest BCUT2D eigenvalue weighted by Crippen LogP contribution is 2.35. The van der Waals surface area contributed by atoms with Crippen LogP contribution >= 0.6 is 0 Å². The molecule has 2 atom stereocenters. The maximum Gasteiger partial charge on any atom is 0.419 e. The van der Waals surface area contributed by atoms with E-state index in [1.54, 1.807) is 0 Å². The first kappa shape index (κ1) is 17.6. The van der Waals surface area contributed by atoms with Crippen LogP contribution in [0.3, 0.4) is 0 Å². The van der Waals surface area contributed by atoms with Crippen LogP contribution in [0.4, 0.5) is 13.2 Å². The monoisotopic (exact) mass is 331 g/mol. The van der Waals surface area contributed by atoms with Gasteiger partial charge in [-0.15, -0.1) is 0 Å². The minimum atomic E-state index is -4.53. The third-order valence-electron chi connectivity index (χ3n) is 4.04. The van der Waals surface area contributed by atoms with Gasteiger partial charge in [0.05, 0.1) is 5.56 Å². The normalized spacial score (nSPS) is 21.7. The molecule has 0 heterocycles. The van der Waals surface area contributed by atoms with Crippen molar-refractivity contribution >= 4 is 5.91 Å². The SMILES string of the molecule is O=C(COc1ccccc1C(F)(F)F)NC1CCCCC1CO. The van der Waals surface area contributed by atoms with Gasteiger partial charge in [-0.05, 0) is 25.0 Å². The summed E-state index contributed by atoms with van der Waals surface area (Å²) in [7, 11) is 0. The molecule has 4 nitrogen and oxygen atoms in total. The number of nitrogens with one attached hydrogen (secondary N) is 1. The molecule has 7 heteroatoms. The molecule has 1 aliphatic carbocycles. The van der Waals surface area contributed by atoms with E-state index in [1.807, 2.05) is 0 Å². The molecule has 0 saturated heterocycles. The minimum absolute atomic E-state index is 0.00448. The number of carbonyl (C=O) groups is 1. The van der Waals surface area contributed by atoms with Crippen molar-refractivity contribution in [1.29, 1.82) is 0 Å². The van der Waals surface area contributed by atoms with E-state index in [-0.39, 0.29) is 24.3 Å². The molecule has 2 N–H and O–H groups in total. The summed E-state index contributed by atoms with van der Waals surface area (Å²) in [6.45, 7) is -0.496. The van der Waals surface area contributed by atoms with Crippen LogP contribution in [0, 0.1) is 5.92 Å². The third kappa shape index (κ3) is 4.86. The van der Waals surface area contributed by atoms with Crippen molar-refractivity contribution in [1.82, 2.24) is 5.32 Å². The van der Waals surface area contributed by atoms with Crippen molar-refractivity contribution in [3.8, 4) is 5.75 Å². The lowest BCUT2D eigenvalue weighted by Gasteiger charge is -2.30. The first-order valence-corrected chi connectivity index (χ1v) is 7.61. The zero-order valence-electron chi connectivity index (χ0n) is 12.6. The van der Waals surface area contributed by atoms with Crippen LogP contribution < -0.4 is 10.1 Å². The smallest absolute Gasteiger partial charge is 0.419 e. The number of ether oxygens (including phenoxy) is 1. The van der Waals surface area contributed by atoms with Crippen molar-refractivity contribution < 1.29 is 27.8 Å². The van der Waals surface area contributed by atoms with E-state index in [9.17, 15) is 23.1 Å². The van der Waals surface area contributed by atoms with Crippen LogP contribution in [0.2, 0.25) is 0 Å². The summed E-state index contributed by atoms with van der Waals surface area (Å²) >= 11 is 0. The molecule has 1 aromatic carbocycles. The Morgan fingerprint density at radius 2 is 1.96 bits per heavy atom. The third-order valence-corrected chi connectivity index (χ3v) is 4.04. The maximum absolute atomic E-state index is 12.8. The molecule has 1 aromatic rings. The summed E-state index contributed by atoms with van der Waals surface area (Å²) in [4.78, 5) is 11.9. The predicted octanol–water partition coefficient (Wildman–Crippen LogP) is 2.75. The standard InChI is InChI=1S/C16H20F3NO3/c17-16(18,19)12-6-2-4-8-14(12)23-10-15(22)20-13-7-3-1-5-11(13)9-21/h2,4,6,8,11,13,21H,1,3,5,7,9-10H2,(H,20,22). The Kier molecular flexibility index (Phi) is 5.87. The Labute approximate surface area is 132 Å². The fourth-order valence-electron chi connectivity index (χ4n) is 2.83. The second kappa shape index (κ2) is 7.68. The Bertz CT molecular complexity index is 534. The van der Waals surface area contributed by atoms with E-state index in [2.05, 4.69) is 5.32 Å². The molecular weight excluding hydrogens is 311 g/mol. The lowest BCUT2D eigenvalue weighted by Crippen LogP contribution is -2.45. The van der Waals surface area contributed by atoms with Gasteiger partial charge in [-0.3, -0.25) is 4.79 Å². The van der Waals surface area contributed by atoms with E-state index >= 15 is 0 Å². The number of halogens is 3. The van der Waals surface area contributed by atoms with Gasteiger partial charge >= 0.3 is 6.18 Å². The van der Waals surface area contributed by atoms with Gasteiger partial charge in [0.2, 0.25) is 0 Å². The zero-order chi connectivity index (χ0) is 16.9. The largest absolute Gasteiger partial charge is 0.483 e. The number of hydrogen-bond acceptors (Lipinski definition) is 3. The number of aliphatic hydroxyl groups is 1. The first-order valence-electron chi connectivity index (χ1n) is 7.61. The highest BCUT2D eigenvalue weighted by atomic mass is 19.4. The van der Waals surface area contributed by atoms with Crippen molar-refractivity contribution in [2.75, 3.05) is 13.2 Å². The number of carbonyl (C=O) groups excluding carboxylic acids is 1. The van der Waals surface area contributed by atoms with Gasteiger partial charge < -0.3 is 15.2 Å². The van der Waals surface area contributed by atoms with Crippen LogP contribution in [0.25, 0.3) is 0 Å². The molecule has 1 amide bonds. The quantitative estimate of drug-likeness (QED) is 0.872. The van der Waals surface area contributed by atoms with Crippen LogP contribution in [-0.4, -0.2) is 30.3 Å². The van der Waals surface area contributed by atoms with Gasteiger partial charge in [0.1, 0.15) is 5.75 Å². The van der Waals surface area contributed by atoms with Crippen LogP contribution in [-0.2, 0) is 11.0 Å². The number of aliphatic hydroxyl groups excluding tert-OH is 1. The van der Waals surface area contributed by atoms with Crippen molar-refractivity contribution in [2.24, 2.45) is 5.92 Å². The van der Waals surface area contributed by atoms with E-state index in [4.69, 9.17) is 4.74 Å². The highest BCUT2D eigenvalue weighted by molar-refractivity contribution is 5.78. The molecule has 128 valence electrons. The summed E-state index contributed by atoms with van der Waals surface area (Å²) in [5.41, 5.74) is -0.904. The fraction of sp³-hybridized carbons (Fsp3) is 0.562. The average Bonchev–Trinajstić information content (AvgIpc) is 2.53. The number of para-hydroxylation sites is 1. The lowest BCUT2D eigenvalue weighted by molar-refractivity contribution is -0.139. The Morgan fingerprint density at radius 1 is 1.26 bits per heavy atom. The molecule has 0 aromatic heterocycles. The molecule has 1 fully saturated rings. The van der Waals surface area contributed by atoms with Gasteiger partial charge in [0, 0.05) is 18.6 Å². The van der Waals surface area contributed by atoms with Crippen LogP contribution in [0.15, 0.2) is 24.3 Å². The highest BCUT2D eigenvalue weighted by Gasteiger charge is 2.34. The number of amides is 1. The first-order chi connectivity index (χ1) is 10.9. The van der Waals surface area contributed by atoms with Crippen LogP contribution in [0.5, 0.6) is 5.75 Å². The van der Waals surface area contributed by atoms with Crippen molar-refractivity contribution in [3.05, 3.63) is 29.8 Å². The van der Waals surface area contributed by atoms with Crippen molar-refractivity contribution in [2.45, 2.75) is 37.9 Å². The molecular formula is C16H20F3NO3. The van der Waals surface area contributed by atoms with Gasteiger partial charge in [0.25, 0.3) is 5.91 Å². The van der Waals surface area contributed by atoms with Gasteiger partial charge in [-0.1, -0.05) is 25.0 Å². The number of hydrogen-bond donors (Lipinski definition) is 2. The molecule has 23 heavy (non-hydrogen) atoms. The van der Waals surface area contributed by atoms with Crippen molar-refractivity contribution in [3.63, 3.8) is 0 Å².